The Morgan fingerprint density at radius 1 is 1.40 bits per heavy atom. The van der Waals surface area contributed by atoms with E-state index in [-0.39, 0.29) is 17.9 Å². The molecule has 2 aliphatic rings. The molecular formula is C18H22N4O3. The third-order valence-corrected chi connectivity index (χ3v) is 4.70. The number of ether oxygens (including phenoxy) is 2. The van der Waals surface area contributed by atoms with Crippen LogP contribution in [0.4, 0.5) is 0 Å². The molecule has 2 atom stereocenters. The van der Waals surface area contributed by atoms with Crippen molar-refractivity contribution >= 4 is 5.91 Å². The lowest BCUT2D eigenvalue weighted by Gasteiger charge is -2.33. The van der Waals surface area contributed by atoms with Crippen LogP contribution < -0.4 is 4.74 Å². The van der Waals surface area contributed by atoms with Crippen molar-refractivity contribution < 1.29 is 14.3 Å². The van der Waals surface area contributed by atoms with Gasteiger partial charge < -0.3 is 14.4 Å². The Hall–Kier alpha value is -2.41. The summed E-state index contributed by atoms with van der Waals surface area (Å²) < 4.78 is 11.5. The van der Waals surface area contributed by atoms with Crippen LogP contribution in [0.3, 0.4) is 0 Å². The number of nitrogens with one attached hydrogen (secondary N) is 1. The van der Waals surface area contributed by atoms with E-state index in [2.05, 4.69) is 22.1 Å². The molecular weight excluding hydrogens is 320 g/mol. The molecule has 0 aliphatic carbocycles. The Morgan fingerprint density at radius 3 is 3.16 bits per heavy atom. The first-order chi connectivity index (χ1) is 12.3. The van der Waals surface area contributed by atoms with E-state index in [4.69, 9.17) is 9.47 Å². The van der Waals surface area contributed by atoms with Crippen molar-refractivity contribution in [1.29, 1.82) is 0 Å². The third-order valence-electron chi connectivity index (χ3n) is 4.70. The van der Waals surface area contributed by atoms with E-state index in [1.807, 2.05) is 29.2 Å². The molecule has 0 bridgehead atoms. The molecule has 0 unspecified atom stereocenters. The summed E-state index contributed by atoms with van der Waals surface area (Å²) in [6, 6.07) is 7.75. The van der Waals surface area contributed by atoms with Crippen molar-refractivity contribution in [2.24, 2.45) is 0 Å². The van der Waals surface area contributed by atoms with Crippen molar-refractivity contribution in [2.75, 3.05) is 26.3 Å². The number of hydrogen-bond acceptors (Lipinski definition) is 5. The molecule has 25 heavy (non-hydrogen) atoms. The zero-order chi connectivity index (χ0) is 17.2. The van der Waals surface area contributed by atoms with Crippen LogP contribution in [-0.4, -0.2) is 52.3 Å². The zero-order valence-corrected chi connectivity index (χ0v) is 14.3. The monoisotopic (exact) mass is 342 g/mol. The lowest BCUT2D eigenvalue weighted by atomic mass is 9.99. The summed E-state index contributed by atoms with van der Waals surface area (Å²) in [6.45, 7) is 4.05. The second-order valence-electron chi connectivity index (χ2n) is 6.44. The second-order valence-corrected chi connectivity index (χ2v) is 6.44. The summed E-state index contributed by atoms with van der Waals surface area (Å²) in [4.78, 5) is 19.3. The molecule has 1 fully saturated rings. The normalized spacial score (nSPS) is 22.5. The van der Waals surface area contributed by atoms with Crippen LogP contribution in [0.25, 0.3) is 0 Å². The first-order valence-electron chi connectivity index (χ1n) is 8.79. The Balaban J connectivity index is 1.47. The van der Waals surface area contributed by atoms with Crippen molar-refractivity contribution in [2.45, 2.75) is 31.8 Å². The van der Waals surface area contributed by atoms with E-state index < -0.39 is 0 Å². The maximum absolute atomic E-state index is 13.0. The fraction of sp³-hybridized carbons (Fsp3) is 0.500. The van der Waals surface area contributed by atoms with Gasteiger partial charge in [0.15, 0.2) is 5.82 Å². The first kappa shape index (κ1) is 16.1. The highest BCUT2D eigenvalue weighted by Gasteiger charge is 2.36. The minimum Gasteiger partial charge on any atom is -0.492 e. The van der Waals surface area contributed by atoms with Gasteiger partial charge in [-0.25, -0.2) is 4.98 Å². The Morgan fingerprint density at radius 2 is 2.28 bits per heavy atom. The van der Waals surface area contributed by atoms with Crippen molar-refractivity contribution in [3.63, 3.8) is 0 Å². The van der Waals surface area contributed by atoms with Crippen LogP contribution in [0.5, 0.6) is 5.75 Å². The third kappa shape index (κ3) is 3.11. The number of aromatic nitrogens is 3. The lowest BCUT2D eigenvalue weighted by molar-refractivity contribution is -0.141. The number of hydrogen-bond donors (Lipinski definition) is 1. The number of carbonyl (C=O) groups is 1. The van der Waals surface area contributed by atoms with Gasteiger partial charge in [-0.15, -0.1) is 0 Å². The standard InChI is InChI=1S/C18H22N4O3/c1-2-5-16-19-17(21-20-16)15-10-22(8-9-24-15)18(23)13-11-25-14-7-4-3-6-12(13)14/h3-4,6-7,13,15H,2,5,8-11H2,1H3,(H,19,20,21)/t13-,15+/m0/s1. The fourth-order valence-electron chi connectivity index (χ4n) is 3.40. The minimum atomic E-state index is -0.280. The topological polar surface area (TPSA) is 80.3 Å². The number of aryl methyl sites for hydroxylation is 1. The molecule has 1 amide bonds. The number of rotatable bonds is 4. The number of morpholine rings is 1. The van der Waals surface area contributed by atoms with Crippen LogP contribution in [-0.2, 0) is 16.0 Å². The number of nitrogens with zero attached hydrogens (tertiary/aromatic N) is 3. The SMILES string of the molecule is CCCc1nc([C@H]2CN(C(=O)[C@H]3COc4ccccc43)CCO2)n[nH]1. The van der Waals surface area contributed by atoms with Crippen LogP contribution in [0.15, 0.2) is 24.3 Å². The number of fused-ring (bicyclic) bond motifs is 1. The first-order valence-corrected chi connectivity index (χ1v) is 8.79. The number of amides is 1. The molecule has 2 aromatic rings. The number of benzene rings is 1. The largest absolute Gasteiger partial charge is 0.492 e. The predicted octanol–water partition coefficient (Wildman–Crippen LogP) is 1.83. The summed E-state index contributed by atoms with van der Waals surface area (Å²) >= 11 is 0. The van der Waals surface area contributed by atoms with Gasteiger partial charge >= 0.3 is 0 Å². The molecule has 0 radical (unpaired) electrons. The van der Waals surface area contributed by atoms with Crippen molar-refractivity contribution in [1.82, 2.24) is 20.1 Å². The molecule has 7 nitrogen and oxygen atoms in total. The average molecular weight is 342 g/mol. The lowest BCUT2D eigenvalue weighted by Crippen LogP contribution is -2.45. The van der Waals surface area contributed by atoms with E-state index in [9.17, 15) is 4.79 Å². The van der Waals surface area contributed by atoms with Crippen LogP contribution in [0.2, 0.25) is 0 Å². The van der Waals surface area contributed by atoms with Gasteiger partial charge in [-0.2, -0.15) is 5.10 Å². The van der Waals surface area contributed by atoms with Gasteiger partial charge in [0.25, 0.3) is 0 Å². The van der Waals surface area contributed by atoms with E-state index >= 15 is 0 Å². The molecule has 1 aromatic carbocycles. The van der Waals surface area contributed by atoms with Gasteiger partial charge in [0.1, 0.15) is 30.2 Å². The Labute approximate surface area is 146 Å². The maximum atomic E-state index is 13.0. The predicted molar refractivity (Wildman–Crippen MR) is 90.3 cm³/mol. The summed E-state index contributed by atoms with van der Waals surface area (Å²) in [7, 11) is 0. The molecule has 0 spiro atoms. The van der Waals surface area contributed by atoms with E-state index in [0.29, 0.717) is 32.1 Å². The zero-order valence-electron chi connectivity index (χ0n) is 14.3. The summed E-state index contributed by atoms with van der Waals surface area (Å²) in [6.07, 6.45) is 1.59. The Kier molecular flexibility index (Phi) is 4.40. The molecule has 2 aliphatic heterocycles. The molecule has 0 saturated carbocycles. The molecule has 3 heterocycles. The van der Waals surface area contributed by atoms with Gasteiger partial charge in [0, 0.05) is 18.5 Å². The van der Waals surface area contributed by atoms with Crippen molar-refractivity contribution in [3.8, 4) is 5.75 Å². The van der Waals surface area contributed by atoms with Crippen LogP contribution in [0, 0.1) is 0 Å². The average Bonchev–Trinajstić information content (AvgIpc) is 3.29. The molecule has 132 valence electrons. The second kappa shape index (κ2) is 6.84. The van der Waals surface area contributed by atoms with Gasteiger partial charge in [-0.1, -0.05) is 25.1 Å². The molecule has 1 aromatic heterocycles. The van der Waals surface area contributed by atoms with Crippen molar-refractivity contribution in [3.05, 3.63) is 41.5 Å². The summed E-state index contributed by atoms with van der Waals surface area (Å²) in [5, 5.41) is 7.21. The molecule has 1 N–H and O–H groups in total. The molecule has 4 rings (SSSR count). The smallest absolute Gasteiger partial charge is 0.233 e. The quantitative estimate of drug-likeness (QED) is 0.917. The minimum absolute atomic E-state index is 0.0857. The van der Waals surface area contributed by atoms with E-state index in [1.165, 1.54) is 0 Å². The Bertz CT molecular complexity index is 760. The maximum Gasteiger partial charge on any atom is 0.233 e. The molecule has 7 heteroatoms. The van der Waals surface area contributed by atoms with E-state index in [1.54, 1.807) is 0 Å². The van der Waals surface area contributed by atoms with Gasteiger partial charge in [0.2, 0.25) is 5.91 Å². The van der Waals surface area contributed by atoms with Gasteiger partial charge in [0.05, 0.1) is 13.2 Å². The molecule has 1 saturated heterocycles. The van der Waals surface area contributed by atoms with Crippen LogP contribution >= 0.6 is 0 Å². The summed E-state index contributed by atoms with van der Waals surface area (Å²) in [5.74, 6) is 2.15. The number of H-pyrrole nitrogens is 1. The highest BCUT2D eigenvalue weighted by atomic mass is 16.5. The number of carbonyl (C=O) groups excluding carboxylic acids is 1. The van der Waals surface area contributed by atoms with Crippen LogP contribution in [0.1, 0.15) is 42.6 Å². The number of aromatic amines is 1. The highest BCUT2D eigenvalue weighted by Crippen LogP contribution is 2.35. The van der Waals surface area contributed by atoms with Gasteiger partial charge in [-0.3, -0.25) is 9.89 Å². The fourth-order valence-corrected chi connectivity index (χ4v) is 3.40. The number of para-hydroxylation sites is 1. The summed E-state index contributed by atoms with van der Waals surface area (Å²) in [5.41, 5.74) is 0.971. The highest BCUT2D eigenvalue weighted by molar-refractivity contribution is 5.85. The van der Waals surface area contributed by atoms with E-state index in [0.717, 1.165) is 30.0 Å². The van der Waals surface area contributed by atoms with Gasteiger partial charge in [-0.05, 0) is 12.5 Å².